The summed E-state index contributed by atoms with van der Waals surface area (Å²) in [6, 6.07) is 5.59. The zero-order chi connectivity index (χ0) is 14.8. The zero-order valence-corrected chi connectivity index (χ0v) is 11.7. The van der Waals surface area contributed by atoms with Gasteiger partial charge < -0.3 is 10.6 Å². The average Bonchev–Trinajstić information content (AvgIpc) is 2.42. The molecule has 0 saturated heterocycles. The van der Waals surface area contributed by atoms with Crippen LogP contribution in [0.25, 0.3) is 0 Å². The van der Waals surface area contributed by atoms with Crippen molar-refractivity contribution in [3.63, 3.8) is 0 Å². The van der Waals surface area contributed by atoms with Gasteiger partial charge in [0.15, 0.2) is 0 Å². The first-order valence-corrected chi connectivity index (χ1v) is 6.92. The molecule has 2 aromatic rings. The fourth-order valence-electron chi connectivity index (χ4n) is 2.09. The molecule has 0 aromatic carbocycles. The molecule has 1 saturated carbocycles. The second-order valence-electron chi connectivity index (χ2n) is 5.21. The summed E-state index contributed by atoms with van der Waals surface area (Å²) in [5.41, 5.74) is -0.114. The highest BCUT2D eigenvalue weighted by Crippen LogP contribution is 2.22. The summed E-state index contributed by atoms with van der Waals surface area (Å²) in [6.07, 6.45) is 5.32. The number of hydrogen-bond donors (Lipinski definition) is 3. The summed E-state index contributed by atoms with van der Waals surface area (Å²) < 4.78 is 1.01. The molecular formula is C14H17N5O2. The van der Waals surface area contributed by atoms with Crippen LogP contribution in [0.2, 0.25) is 0 Å². The summed E-state index contributed by atoms with van der Waals surface area (Å²) in [4.78, 5) is 29.9. The third-order valence-corrected chi connectivity index (χ3v) is 3.64. The van der Waals surface area contributed by atoms with Crippen molar-refractivity contribution in [1.82, 2.24) is 14.5 Å². The highest BCUT2D eigenvalue weighted by Gasteiger charge is 2.16. The molecule has 0 unspecified atom stereocenters. The summed E-state index contributed by atoms with van der Waals surface area (Å²) in [6.45, 7) is 0. The number of anilines is 3. The molecule has 3 N–H and O–H groups in total. The zero-order valence-electron chi connectivity index (χ0n) is 11.7. The maximum atomic E-state index is 11.5. The molecule has 2 heterocycles. The molecular weight excluding hydrogens is 270 g/mol. The lowest BCUT2D eigenvalue weighted by atomic mass is 9.93. The number of hydrogen-bond acceptors (Lipinski definition) is 5. The fourth-order valence-corrected chi connectivity index (χ4v) is 2.09. The SMILES string of the molecule is Cn1c(=O)cc(Nc2ccc(NC3CCC3)nc2)[nH]c1=O. The van der Waals surface area contributed by atoms with E-state index in [9.17, 15) is 9.59 Å². The van der Waals surface area contributed by atoms with Gasteiger partial charge in [-0.2, -0.15) is 0 Å². The van der Waals surface area contributed by atoms with Gasteiger partial charge in [0.25, 0.3) is 5.56 Å². The molecule has 21 heavy (non-hydrogen) atoms. The van der Waals surface area contributed by atoms with E-state index in [1.165, 1.54) is 32.4 Å². The topological polar surface area (TPSA) is 91.8 Å². The molecule has 1 aliphatic carbocycles. The molecule has 7 heteroatoms. The van der Waals surface area contributed by atoms with Gasteiger partial charge in [0.1, 0.15) is 11.6 Å². The summed E-state index contributed by atoms with van der Waals surface area (Å²) in [5, 5.41) is 6.31. The van der Waals surface area contributed by atoms with Crippen molar-refractivity contribution in [1.29, 1.82) is 0 Å². The van der Waals surface area contributed by atoms with Crippen LogP contribution in [0.5, 0.6) is 0 Å². The molecule has 0 bridgehead atoms. The van der Waals surface area contributed by atoms with Crippen LogP contribution in [0.4, 0.5) is 17.3 Å². The first-order valence-electron chi connectivity index (χ1n) is 6.92. The molecule has 2 aromatic heterocycles. The minimum absolute atomic E-state index is 0.351. The summed E-state index contributed by atoms with van der Waals surface area (Å²) in [7, 11) is 1.42. The second-order valence-corrected chi connectivity index (χ2v) is 5.21. The van der Waals surface area contributed by atoms with Crippen molar-refractivity contribution < 1.29 is 0 Å². The van der Waals surface area contributed by atoms with Crippen molar-refractivity contribution in [2.24, 2.45) is 7.05 Å². The summed E-state index contributed by atoms with van der Waals surface area (Å²) >= 11 is 0. The van der Waals surface area contributed by atoms with E-state index >= 15 is 0 Å². The Morgan fingerprint density at radius 1 is 1.33 bits per heavy atom. The quantitative estimate of drug-likeness (QED) is 0.785. The number of H-pyrrole nitrogens is 1. The molecule has 0 amide bonds. The van der Waals surface area contributed by atoms with E-state index in [4.69, 9.17) is 0 Å². The largest absolute Gasteiger partial charge is 0.367 e. The molecule has 0 aliphatic heterocycles. The van der Waals surface area contributed by atoms with Crippen LogP contribution < -0.4 is 21.9 Å². The monoisotopic (exact) mass is 287 g/mol. The van der Waals surface area contributed by atoms with Crippen LogP contribution in [-0.4, -0.2) is 20.6 Å². The van der Waals surface area contributed by atoms with Gasteiger partial charge in [-0.25, -0.2) is 9.78 Å². The van der Waals surface area contributed by atoms with Gasteiger partial charge in [-0.05, 0) is 31.4 Å². The Morgan fingerprint density at radius 2 is 2.14 bits per heavy atom. The third-order valence-electron chi connectivity index (χ3n) is 3.64. The van der Waals surface area contributed by atoms with Gasteiger partial charge in [0, 0.05) is 19.2 Å². The van der Waals surface area contributed by atoms with Gasteiger partial charge in [0.2, 0.25) is 0 Å². The van der Waals surface area contributed by atoms with Gasteiger partial charge in [0.05, 0.1) is 11.9 Å². The molecule has 7 nitrogen and oxygen atoms in total. The number of aromatic amines is 1. The maximum absolute atomic E-state index is 11.5. The number of aromatic nitrogens is 3. The Morgan fingerprint density at radius 3 is 2.71 bits per heavy atom. The number of nitrogens with zero attached hydrogens (tertiary/aromatic N) is 2. The van der Waals surface area contributed by atoms with Crippen LogP contribution in [0.3, 0.4) is 0 Å². The van der Waals surface area contributed by atoms with E-state index in [-0.39, 0.29) is 5.56 Å². The highest BCUT2D eigenvalue weighted by molar-refractivity contribution is 5.56. The Balaban J connectivity index is 1.72. The number of rotatable bonds is 4. The molecule has 1 aliphatic rings. The third kappa shape index (κ3) is 2.96. The second kappa shape index (κ2) is 5.43. The maximum Gasteiger partial charge on any atom is 0.329 e. The molecule has 0 atom stereocenters. The summed E-state index contributed by atoms with van der Waals surface area (Å²) in [5.74, 6) is 1.19. The van der Waals surface area contributed by atoms with Crippen LogP contribution in [-0.2, 0) is 7.05 Å². The molecule has 0 spiro atoms. The lowest BCUT2D eigenvalue weighted by Crippen LogP contribution is -2.32. The van der Waals surface area contributed by atoms with Crippen LogP contribution in [0.15, 0.2) is 34.0 Å². The Kier molecular flexibility index (Phi) is 3.47. The first-order chi connectivity index (χ1) is 10.1. The Hall–Kier alpha value is -2.57. The average molecular weight is 287 g/mol. The predicted molar refractivity (Wildman–Crippen MR) is 81.1 cm³/mol. The van der Waals surface area contributed by atoms with Crippen LogP contribution in [0.1, 0.15) is 19.3 Å². The molecule has 0 radical (unpaired) electrons. The molecule has 3 rings (SSSR count). The lowest BCUT2D eigenvalue weighted by molar-refractivity contribution is 0.444. The molecule has 110 valence electrons. The van der Waals surface area contributed by atoms with E-state index in [1.807, 2.05) is 12.1 Å². The smallest absolute Gasteiger partial charge is 0.329 e. The van der Waals surface area contributed by atoms with E-state index in [2.05, 4.69) is 20.6 Å². The lowest BCUT2D eigenvalue weighted by Gasteiger charge is -2.26. The van der Waals surface area contributed by atoms with Crippen LogP contribution >= 0.6 is 0 Å². The van der Waals surface area contributed by atoms with E-state index < -0.39 is 5.69 Å². The number of nitrogens with one attached hydrogen (secondary N) is 3. The van der Waals surface area contributed by atoms with Gasteiger partial charge >= 0.3 is 5.69 Å². The Labute approximate surface area is 121 Å². The normalized spacial score (nSPS) is 14.5. The van der Waals surface area contributed by atoms with E-state index in [1.54, 1.807) is 6.20 Å². The minimum Gasteiger partial charge on any atom is -0.367 e. The Bertz CT molecular complexity index is 712. The van der Waals surface area contributed by atoms with Gasteiger partial charge in [-0.3, -0.25) is 14.3 Å². The van der Waals surface area contributed by atoms with Crippen molar-refractivity contribution >= 4 is 17.3 Å². The van der Waals surface area contributed by atoms with Crippen molar-refractivity contribution in [2.45, 2.75) is 25.3 Å². The van der Waals surface area contributed by atoms with Crippen LogP contribution in [0, 0.1) is 0 Å². The van der Waals surface area contributed by atoms with Crippen molar-refractivity contribution in [3.8, 4) is 0 Å². The number of pyridine rings is 1. The van der Waals surface area contributed by atoms with Gasteiger partial charge in [-0.15, -0.1) is 0 Å². The van der Waals surface area contributed by atoms with Crippen molar-refractivity contribution in [2.75, 3.05) is 10.6 Å². The molecule has 1 fully saturated rings. The minimum atomic E-state index is -0.457. The highest BCUT2D eigenvalue weighted by atomic mass is 16.2. The van der Waals surface area contributed by atoms with E-state index in [0.29, 0.717) is 17.5 Å². The fraction of sp³-hybridized carbons (Fsp3) is 0.357. The van der Waals surface area contributed by atoms with Crippen molar-refractivity contribution in [3.05, 3.63) is 45.2 Å². The standard InChI is InChI=1S/C14H17N5O2/c1-19-13(20)7-12(18-14(19)21)17-10-5-6-11(15-8-10)16-9-3-2-4-9/h5-9,17H,2-4H2,1H3,(H,15,16)(H,18,21). The first kappa shape index (κ1) is 13.4. The van der Waals surface area contributed by atoms with Gasteiger partial charge in [-0.1, -0.05) is 0 Å². The predicted octanol–water partition coefficient (Wildman–Crippen LogP) is 1.18. The van der Waals surface area contributed by atoms with E-state index in [0.717, 1.165) is 10.4 Å².